The van der Waals surface area contributed by atoms with Crippen molar-refractivity contribution in [1.29, 1.82) is 10.8 Å². The highest BCUT2D eigenvalue weighted by Crippen LogP contribution is 2.45. The van der Waals surface area contributed by atoms with Gasteiger partial charge in [0.2, 0.25) is 0 Å². The Bertz CT molecular complexity index is 1610. The maximum absolute atomic E-state index is 7.58. The third-order valence-electron chi connectivity index (χ3n) is 7.30. The summed E-state index contributed by atoms with van der Waals surface area (Å²) in [6.07, 6.45) is 2.48. The van der Waals surface area contributed by atoms with Crippen LogP contribution in [-0.4, -0.2) is 24.5 Å². The van der Waals surface area contributed by atoms with Gasteiger partial charge in [0.05, 0.1) is 11.4 Å². The molecule has 0 aromatic heterocycles. The van der Waals surface area contributed by atoms with Crippen molar-refractivity contribution in [2.24, 2.45) is 0 Å². The summed E-state index contributed by atoms with van der Waals surface area (Å²) in [5, 5.41) is 21.9. The molecule has 0 unspecified atom stereocenters. The van der Waals surface area contributed by atoms with E-state index >= 15 is 0 Å². The molecule has 4 aromatic rings. The second-order valence-electron chi connectivity index (χ2n) is 10.4. The number of rotatable bonds is 4. The lowest BCUT2D eigenvalue weighted by molar-refractivity contribution is 0.754. The lowest BCUT2D eigenvalue weighted by Crippen LogP contribution is -2.39. The predicted molar refractivity (Wildman–Crippen MR) is 156 cm³/mol. The molecular weight excluding hydrogens is 440 g/mol. The molecule has 0 saturated heterocycles. The van der Waals surface area contributed by atoms with Crippen molar-refractivity contribution in [3.63, 3.8) is 0 Å². The van der Waals surface area contributed by atoms with Crippen LogP contribution in [0.25, 0.3) is 32.9 Å². The predicted octanol–water partition coefficient (Wildman–Crippen LogP) is 6.27. The van der Waals surface area contributed by atoms with Gasteiger partial charge in [0.25, 0.3) is 0 Å². The van der Waals surface area contributed by atoms with Crippen LogP contribution in [0, 0.1) is 24.7 Å². The van der Waals surface area contributed by atoms with Crippen LogP contribution in [0.1, 0.15) is 38.8 Å². The minimum absolute atomic E-state index is 0.323. The highest BCUT2D eigenvalue weighted by atomic mass is 15.4. The Morgan fingerprint density at radius 1 is 0.639 bits per heavy atom. The summed E-state index contributed by atoms with van der Waals surface area (Å²) < 4.78 is 0. The van der Waals surface area contributed by atoms with Crippen LogP contribution in [0.4, 0.5) is 11.4 Å². The fourth-order valence-electron chi connectivity index (χ4n) is 5.36. The minimum atomic E-state index is 0.323. The molecule has 1 heterocycles. The first-order valence-corrected chi connectivity index (χ1v) is 12.7. The molecule has 182 valence electrons. The largest absolute Gasteiger partial charge is 0.323 e. The number of fused-ring (bicyclic) bond motifs is 3. The second kappa shape index (κ2) is 8.94. The van der Waals surface area contributed by atoms with Crippen LogP contribution in [0.15, 0.2) is 60.7 Å². The van der Waals surface area contributed by atoms with E-state index in [-0.39, 0.29) is 0 Å². The van der Waals surface area contributed by atoms with Crippen molar-refractivity contribution in [3.05, 3.63) is 82.2 Å². The molecule has 0 spiro atoms. The van der Waals surface area contributed by atoms with Gasteiger partial charge in [-0.05, 0) is 116 Å². The Morgan fingerprint density at radius 3 is 1.64 bits per heavy atom. The molecule has 5 rings (SSSR count). The molecule has 4 nitrogen and oxygen atoms in total. The second-order valence-corrected chi connectivity index (χ2v) is 10.4. The summed E-state index contributed by atoms with van der Waals surface area (Å²) >= 11 is 0. The van der Waals surface area contributed by atoms with Gasteiger partial charge in [-0.2, -0.15) is 0 Å². The zero-order valence-electron chi connectivity index (χ0n) is 22.0. The van der Waals surface area contributed by atoms with Crippen molar-refractivity contribution in [2.45, 2.75) is 53.6 Å². The van der Waals surface area contributed by atoms with Crippen LogP contribution in [0.2, 0.25) is 0 Å². The molecule has 0 atom stereocenters. The normalized spacial score (nSPS) is 13.3. The van der Waals surface area contributed by atoms with Crippen molar-refractivity contribution in [3.8, 4) is 0 Å². The molecule has 1 aliphatic heterocycles. The number of hydrogen-bond donors (Lipinski definition) is 2. The van der Waals surface area contributed by atoms with Gasteiger partial charge in [0.15, 0.2) is 0 Å². The Hall–Kier alpha value is -3.92. The number of aryl methyl sites for hydroxylation is 2. The Labute approximate surface area is 213 Å². The molecule has 4 aromatic carbocycles. The molecular formula is C32H34N4. The standard InChI is InChI=1S/C32H34N4/c1-19(2)35-30-11-21(5)22(6)12-31(30)36(20(3)4)32(35)26-10-9-24-13-27-15-25(29(17-33)18-34)8-7-23(27)14-28(24)16-26/h7-20,33-34H,1-6H3. The van der Waals surface area contributed by atoms with Gasteiger partial charge in [0, 0.05) is 35.3 Å². The van der Waals surface area contributed by atoms with E-state index in [0.717, 1.165) is 16.0 Å². The van der Waals surface area contributed by atoms with Crippen molar-refractivity contribution in [2.75, 3.05) is 9.80 Å². The molecule has 0 aliphatic carbocycles. The first-order valence-electron chi connectivity index (χ1n) is 12.7. The molecule has 0 amide bonds. The van der Waals surface area contributed by atoms with E-state index in [0.29, 0.717) is 17.7 Å². The molecule has 0 saturated carbocycles. The third kappa shape index (κ3) is 3.78. The average Bonchev–Trinajstić information content (AvgIpc) is 3.17. The molecule has 2 N–H and O–H groups in total. The topological polar surface area (TPSA) is 54.2 Å². The molecule has 36 heavy (non-hydrogen) atoms. The van der Waals surface area contributed by atoms with Gasteiger partial charge in [-0.25, -0.2) is 0 Å². The Morgan fingerprint density at radius 2 is 1.14 bits per heavy atom. The van der Waals surface area contributed by atoms with E-state index in [4.69, 9.17) is 10.8 Å². The van der Waals surface area contributed by atoms with Crippen LogP contribution >= 0.6 is 0 Å². The van der Waals surface area contributed by atoms with Crippen LogP contribution in [-0.2, 0) is 0 Å². The fourth-order valence-corrected chi connectivity index (χ4v) is 5.36. The molecule has 0 radical (unpaired) electrons. The Balaban J connectivity index is 1.78. The smallest absolute Gasteiger partial charge is 0.121 e. The van der Waals surface area contributed by atoms with E-state index in [2.05, 4.69) is 106 Å². The maximum Gasteiger partial charge on any atom is 0.121 e. The summed E-state index contributed by atoms with van der Waals surface area (Å²) in [5.41, 5.74) is 5.82. The fraction of sp³-hybridized carbons (Fsp3) is 0.250. The quantitative estimate of drug-likeness (QED) is 0.271. The van der Waals surface area contributed by atoms with E-state index in [1.54, 1.807) is 0 Å². The number of hydrogen-bond acceptors (Lipinski definition) is 4. The van der Waals surface area contributed by atoms with Gasteiger partial charge in [0.1, 0.15) is 5.82 Å². The molecule has 4 heteroatoms. The van der Waals surface area contributed by atoms with Gasteiger partial charge < -0.3 is 20.6 Å². The zero-order chi connectivity index (χ0) is 25.7. The number of nitrogens with one attached hydrogen (secondary N) is 2. The molecule has 0 bridgehead atoms. The summed E-state index contributed by atoms with van der Waals surface area (Å²) in [6, 6.07) is 22.7. The monoisotopic (exact) mass is 474 g/mol. The minimum Gasteiger partial charge on any atom is -0.323 e. The maximum atomic E-state index is 7.58. The number of benzene rings is 4. The zero-order valence-corrected chi connectivity index (χ0v) is 22.0. The summed E-state index contributed by atoms with van der Waals surface area (Å²) in [7, 11) is 0. The first kappa shape index (κ1) is 23.8. The van der Waals surface area contributed by atoms with Crippen LogP contribution in [0.3, 0.4) is 0 Å². The lowest BCUT2D eigenvalue weighted by Gasteiger charge is -2.31. The summed E-state index contributed by atoms with van der Waals surface area (Å²) in [5.74, 6) is 1.24. The summed E-state index contributed by atoms with van der Waals surface area (Å²) in [4.78, 5) is 4.98. The van der Waals surface area contributed by atoms with E-state index in [1.165, 1.54) is 56.7 Å². The summed E-state index contributed by atoms with van der Waals surface area (Å²) in [6.45, 7) is 13.5. The lowest BCUT2D eigenvalue weighted by atomic mass is 10.0. The average molecular weight is 475 g/mol. The van der Waals surface area contributed by atoms with Crippen molar-refractivity contribution < 1.29 is 0 Å². The highest BCUT2D eigenvalue weighted by molar-refractivity contribution is 6.26. The third-order valence-corrected chi connectivity index (χ3v) is 7.30. The van der Waals surface area contributed by atoms with Gasteiger partial charge >= 0.3 is 0 Å². The van der Waals surface area contributed by atoms with Crippen molar-refractivity contribution in [1.82, 2.24) is 0 Å². The van der Waals surface area contributed by atoms with E-state index in [1.807, 2.05) is 6.07 Å². The number of nitrogens with zero attached hydrogens (tertiary/aromatic N) is 2. The van der Waals surface area contributed by atoms with Crippen molar-refractivity contribution >= 4 is 56.7 Å². The highest BCUT2D eigenvalue weighted by Gasteiger charge is 2.35. The van der Waals surface area contributed by atoms with Gasteiger partial charge in [-0.3, -0.25) is 0 Å². The van der Waals surface area contributed by atoms with Gasteiger partial charge in [-0.1, -0.05) is 24.3 Å². The van der Waals surface area contributed by atoms with Crippen LogP contribution < -0.4 is 20.2 Å². The number of anilines is 2. The van der Waals surface area contributed by atoms with Crippen LogP contribution in [0.5, 0.6) is 0 Å². The van der Waals surface area contributed by atoms with E-state index < -0.39 is 0 Å². The Kier molecular flexibility index (Phi) is 5.91. The SMILES string of the molecule is Cc1cc2c(cc1C)N(C(C)C)C(=c1ccc3cc4cc(=C(C=N)C=N)ccc4cc3c1)N2C(C)C. The first-order chi connectivity index (χ1) is 17.2. The van der Waals surface area contributed by atoms with E-state index in [9.17, 15) is 0 Å². The molecule has 1 aliphatic rings. The molecule has 0 fully saturated rings. The van der Waals surface area contributed by atoms with Gasteiger partial charge in [-0.15, -0.1) is 0 Å².